The summed E-state index contributed by atoms with van der Waals surface area (Å²) in [4.78, 5) is 19.2. The van der Waals surface area contributed by atoms with Gasteiger partial charge in [0.1, 0.15) is 5.52 Å². The summed E-state index contributed by atoms with van der Waals surface area (Å²) < 4.78 is 0. The number of carbonyl (C=O) groups is 1. The van der Waals surface area contributed by atoms with Gasteiger partial charge < -0.3 is 10.2 Å². The van der Waals surface area contributed by atoms with Crippen LogP contribution in [-0.4, -0.2) is 26.0 Å². The molecule has 5 heteroatoms. The zero-order valence-electron chi connectivity index (χ0n) is 8.64. The number of hydrogen-bond acceptors (Lipinski definition) is 5. The molecule has 82 valence electrons. The van der Waals surface area contributed by atoms with Gasteiger partial charge in [0.15, 0.2) is 11.5 Å². The maximum absolute atomic E-state index is 11.5. The number of rotatable bonds is 2. The Bertz CT molecular complexity index is 566. The minimum atomic E-state index is -0.229. The second-order valence-electron chi connectivity index (χ2n) is 3.33. The minimum Gasteiger partial charge on any atom is -0.505 e. The van der Waals surface area contributed by atoms with Crippen LogP contribution in [0.25, 0.3) is 11.0 Å². The molecule has 0 amide bonds. The van der Waals surface area contributed by atoms with Crippen molar-refractivity contribution in [2.45, 2.75) is 13.3 Å². The fraction of sp³-hybridized carbons (Fsp3) is 0.182. The molecule has 5 nitrogen and oxygen atoms in total. The molecule has 0 aromatic carbocycles. The molecule has 0 radical (unpaired) electrons. The Morgan fingerprint density at radius 1 is 1.38 bits per heavy atom. The van der Waals surface area contributed by atoms with Crippen LogP contribution in [0, 0.1) is 0 Å². The third-order valence-corrected chi connectivity index (χ3v) is 2.29. The predicted octanol–water partition coefficient (Wildman–Crippen LogP) is 1.63. The maximum Gasteiger partial charge on any atom is 0.211 e. The molecule has 16 heavy (non-hydrogen) atoms. The Hall–Kier alpha value is -2.17. The first kappa shape index (κ1) is 10.4. The highest BCUT2D eigenvalue weighted by Crippen LogP contribution is 2.27. The van der Waals surface area contributed by atoms with Crippen LogP contribution in [0.4, 0.5) is 0 Å². The highest BCUT2D eigenvalue weighted by molar-refractivity contribution is 6.02. The molecule has 0 fully saturated rings. The predicted molar refractivity (Wildman–Crippen MR) is 57.5 cm³/mol. The van der Waals surface area contributed by atoms with Gasteiger partial charge in [-0.3, -0.25) is 9.78 Å². The Kier molecular flexibility index (Phi) is 2.44. The monoisotopic (exact) mass is 218 g/mol. The van der Waals surface area contributed by atoms with Crippen molar-refractivity contribution in [3.8, 4) is 11.6 Å². The second-order valence-corrected chi connectivity index (χ2v) is 3.33. The van der Waals surface area contributed by atoms with E-state index in [1.807, 2.05) is 0 Å². The van der Waals surface area contributed by atoms with E-state index in [2.05, 4.69) is 9.97 Å². The molecule has 0 atom stereocenters. The van der Waals surface area contributed by atoms with Crippen LogP contribution in [0.2, 0.25) is 0 Å². The standard InChI is InChI=1S/C11H10N2O3/c1-2-8(14)6-5-12-7-3-4-9(15)13-10(7)11(6)16/h3-5H,2H2,1H3,(H,12,16)(H,13,15). The molecule has 0 unspecified atom stereocenters. The smallest absolute Gasteiger partial charge is 0.211 e. The van der Waals surface area contributed by atoms with Gasteiger partial charge in [0.2, 0.25) is 5.88 Å². The summed E-state index contributed by atoms with van der Waals surface area (Å²) in [6.07, 6.45) is 1.60. The number of carbonyl (C=O) groups excluding carboxylic acids is 1. The van der Waals surface area contributed by atoms with Crippen molar-refractivity contribution in [1.82, 2.24) is 9.97 Å². The Balaban J connectivity index is 2.72. The van der Waals surface area contributed by atoms with Crippen LogP contribution < -0.4 is 0 Å². The molecular weight excluding hydrogens is 208 g/mol. The Labute approximate surface area is 91.4 Å². The molecule has 0 aliphatic heterocycles. The summed E-state index contributed by atoms with van der Waals surface area (Å²) in [5.41, 5.74) is 0.704. The van der Waals surface area contributed by atoms with Gasteiger partial charge in [-0.1, -0.05) is 6.92 Å². The van der Waals surface area contributed by atoms with Gasteiger partial charge in [0.25, 0.3) is 0 Å². The third-order valence-electron chi connectivity index (χ3n) is 2.29. The molecule has 0 aliphatic rings. The number of Topliss-reactive ketones (excluding diaryl/α,β-unsaturated/α-hetero) is 1. The van der Waals surface area contributed by atoms with Crippen LogP contribution in [0.5, 0.6) is 11.6 Å². The average molecular weight is 218 g/mol. The molecule has 0 bridgehead atoms. The first-order valence-electron chi connectivity index (χ1n) is 4.84. The SMILES string of the molecule is CCC(=O)c1cnc2ccc(O)nc2c1O. The Morgan fingerprint density at radius 2 is 2.12 bits per heavy atom. The largest absolute Gasteiger partial charge is 0.505 e. The normalized spacial score (nSPS) is 10.6. The van der Waals surface area contributed by atoms with Crippen LogP contribution in [-0.2, 0) is 0 Å². The number of pyridine rings is 2. The van der Waals surface area contributed by atoms with Crippen LogP contribution in [0.3, 0.4) is 0 Å². The lowest BCUT2D eigenvalue weighted by molar-refractivity contribution is 0.0985. The first-order valence-corrected chi connectivity index (χ1v) is 4.84. The summed E-state index contributed by atoms with van der Waals surface area (Å²) in [7, 11) is 0. The number of nitrogens with zero attached hydrogens (tertiary/aromatic N) is 2. The summed E-state index contributed by atoms with van der Waals surface area (Å²) >= 11 is 0. The second kappa shape index (κ2) is 3.77. The minimum absolute atomic E-state index is 0.133. The van der Waals surface area contributed by atoms with Gasteiger partial charge >= 0.3 is 0 Å². The van der Waals surface area contributed by atoms with Gasteiger partial charge in [0, 0.05) is 18.7 Å². The summed E-state index contributed by atoms with van der Waals surface area (Å²) in [6.45, 7) is 1.70. The topological polar surface area (TPSA) is 83.3 Å². The fourth-order valence-corrected chi connectivity index (χ4v) is 1.44. The summed E-state index contributed by atoms with van der Waals surface area (Å²) in [5, 5.41) is 19.0. The molecule has 0 saturated carbocycles. The van der Waals surface area contributed by atoms with Gasteiger partial charge in [-0.05, 0) is 6.07 Å². The van der Waals surface area contributed by atoms with Crippen LogP contribution >= 0.6 is 0 Å². The molecule has 2 heterocycles. The van der Waals surface area contributed by atoms with Crippen molar-refractivity contribution in [2.24, 2.45) is 0 Å². The number of hydrogen-bond donors (Lipinski definition) is 2. The maximum atomic E-state index is 11.5. The van der Waals surface area contributed by atoms with Crippen LogP contribution in [0.1, 0.15) is 23.7 Å². The molecule has 0 spiro atoms. The zero-order chi connectivity index (χ0) is 11.7. The lowest BCUT2D eigenvalue weighted by atomic mass is 10.1. The van der Waals surface area contributed by atoms with Gasteiger partial charge in [-0.15, -0.1) is 0 Å². The van der Waals surface area contributed by atoms with E-state index in [0.717, 1.165) is 0 Å². The van der Waals surface area contributed by atoms with E-state index in [0.29, 0.717) is 5.52 Å². The molecule has 2 aromatic rings. The van der Waals surface area contributed by atoms with Gasteiger partial charge in [-0.2, -0.15) is 0 Å². The molecular formula is C11H10N2O3. The molecule has 0 aliphatic carbocycles. The Morgan fingerprint density at radius 3 is 2.81 bits per heavy atom. The van der Waals surface area contributed by atoms with Gasteiger partial charge in [-0.25, -0.2) is 4.98 Å². The van der Waals surface area contributed by atoms with E-state index in [-0.39, 0.29) is 34.9 Å². The highest BCUT2D eigenvalue weighted by atomic mass is 16.3. The van der Waals surface area contributed by atoms with E-state index in [4.69, 9.17) is 0 Å². The van der Waals surface area contributed by atoms with Crippen molar-refractivity contribution in [1.29, 1.82) is 0 Å². The van der Waals surface area contributed by atoms with E-state index in [1.165, 1.54) is 18.3 Å². The number of ketones is 1. The molecule has 2 N–H and O–H groups in total. The summed E-state index contributed by atoms with van der Waals surface area (Å²) in [6, 6.07) is 2.90. The van der Waals surface area contributed by atoms with Crippen molar-refractivity contribution in [3.63, 3.8) is 0 Å². The third kappa shape index (κ3) is 1.56. The van der Waals surface area contributed by atoms with E-state index in [1.54, 1.807) is 6.92 Å². The van der Waals surface area contributed by atoms with Crippen molar-refractivity contribution in [2.75, 3.05) is 0 Å². The average Bonchev–Trinajstić information content (AvgIpc) is 2.29. The van der Waals surface area contributed by atoms with Gasteiger partial charge in [0.05, 0.1) is 11.1 Å². The molecule has 2 aromatic heterocycles. The zero-order valence-corrected chi connectivity index (χ0v) is 8.64. The lowest BCUT2D eigenvalue weighted by Crippen LogP contribution is -1.99. The number of aromatic nitrogens is 2. The summed E-state index contributed by atoms with van der Waals surface area (Å²) in [5.74, 6) is -0.657. The fourth-order valence-electron chi connectivity index (χ4n) is 1.44. The van der Waals surface area contributed by atoms with Crippen molar-refractivity contribution in [3.05, 3.63) is 23.9 Å². The first-order chi connectivity index (χ1) is 7.63. The molecule has 2 rings (SSSR count). The number of fused-ring (bicyclic) bond motifs is 1. The molecule has 0 saturated heterocycles. The van der Waals surface area contributed by atoms with E-state index < -0.39 is 0 Å². The lowest BCUT2D eigenvalue weighted by Gasteiger charge is -2.04. The number of aromatic hydroxyl groups is 2. The highest BCUT2D eigenvalue weighted by Gasteiger charge is 2.14. The quantitative estimate of drug-likeness (QED) is 0.748. The van der Waals surface area contributed by atoms with Crippen molar-refractivity contribution >= 4 is 16.8 Å². The van der Waals surface area contributed by atoms with E-state index in [9.17, 15) is 15.0 Å². The van der Waals surface area contributed by atoms with Crippen molar-refractivity contribution < 1.29 is 15.0 Å². The van der Waals surface area contributed by atoms with E-state index >= 15 is 0 Å². The van der Waals surface area contributed by atoms with Crippen LogP contribution in [0.15, 0.2) is 18.3 Å².